The van der Waals surface area contributed by atoms with Crippen molar-refractivity contribution in [2.24, 2.45) is 5.92 Å². The summed E-state index contributed by atoms with van der Waals surface area (Å²) < 4.78 is 59.2. The van der Waals surface area contributed by atoms with Gasteiger partial charge in [-0.2, -0.15) is 3.71 Å². The Balaban J connectivity index is 2.23. The lowest BCUT2D eigenvalue weighted by Crippen LogP contribution is -2.32. The fourth-order valence-electron chi connectivity index (χ4n) is 3.14. The van der Waals surface area contributed by atoms with Crippen LogP contribution in [0.3, 0.4) is 0 Å². The van der Waals surface area contributed by atoms with Crippen molar-refractivity contribution in [3.63, 3.8) is 0 Å². The first-order valence-corrected chi connectivity index (χ1v) is 13.1. The van der Waals surface area contributed by atoms with Gasteiger partial charge in [0.05, 0.1) is 23.1 Å². The molecule has 33 heavy (non-hydrogen) atoms. The molecule has 6 nitrogen and oxygen atoms in total. The standard InChI is InChI=1S/C25H25NO5S2/c1-20(2)25(21-14-16-22(31-3)17-15-21)18-19-26(32(27,28)23-10-6-4-7-11-23)33(29,30)24-12-8-5-9-13-24/h4-17,19-20H,1-3H3. The van der Waals surface area contributed by atoms with Crippen molar-refractivity contribution in [1.82, 2.24) is 3.71 Å². The molecule has 0 aliphatic heterocycles. The second-order valence-corrected chi connectivity index (χ2v) is 11.3. The van der Waals surface area contributed by atoms with Gasteiger partial charge in [0.1, 0.15) is 5.75 Å². The van der Waals surface area contributed by atoms with Gasteiger partial charge >= 0.3 is 0 Å². The zero-order valence-corrected chi connectivity index (χ0v) is 20.2. The Kier molecular flexibility index (Phi) is 7.43. The lowest BCUT2D eigenvalue weighted by Gasteiger charge is -2.20. The van der Waals surface area contributed by atoms with Gasteiger partial charge in [-0.15, -0.1) is 0 Å². The Morgan fingerprint density at radius 3 is 1.64 bits per heavy atom. The van der Waals surface area contributed by atoms with E-state index in [2.05, 4.69) is 5.73 Å². The molecule has 172 valence electrons. The van der Waals surface area contributed by atoms with Gasteiger partial charge in [0.25, 0.3) is 20.0 Å². The molecule has 3 rings (SSSR count). The molecule has 0 aliphatic carbocycles. The highest BCUT2D eigenvalue weighted by atomic mass is 32.3. The number of nitrogens with zero attached hydrogens (tertiary/aromatic N) is 1. The third kappa shape index (κ3) is 5.37. The zero-order valence-electron chi connectivity index (χ0n) is 18.5. The van der Waals surface area contributed by atoms with E-state index in [1.807, 2.05) is 26.0 Å². The first-order valence-electron chi connectivity index (χ1n) is 10.2. The summed E-state index contributed by atoms with van der Waals surface area (Å²) in [5.41, 5.74) is 4.36. The molecule has 0 bridgehead atoms. The van der Waals surface area contributed by atoms with Gasteiger partial charge in [-0.25, -0.2) is 16.8 Å². The van der Waals surface area contributed by atoms with Crippen LogP contribution in [0.25, 0.3) is 5.57 Å². The van der Waals surface area contributed by atoms with E-state index >= 15 is 0 Å². The third-order valence-corrected chi connectivity index (χ3v) is 8.93. The monoisotopic (exact) mass is 483 g/mol. The maximum Gasteiger partial charge on any atom is 0.277 e. The highest BCUT2D eigenvalue weighted by Gasteiger charge is 2.33. The topological polar surface area (TPSA) is 80.8 Å². The van der Waals surface area contributed by atoms with E-state index in [1.165, 1.54) is 48.5 Å². The van der Waals surface area contributed by atoms with Crippen LogP contribution in [0.5, 0.6) is 5.75 Å². The lowest BCUT2D eigenvalue weighted by atomic mass is 9.96. The van der Waals surface area contributed by atoms with Crippen LogP contribution in [0, 0.1) is 5.92 Å². The molecule has 0 saturated carbocycles. The number of hydrogen-bond acceptors (Lipinski definition) is 5. The molecule has 0 fully saturated rings. The average Bonchev–Trinajstić information content (AvgIpc) is 2.82. The van der Waals surface area contributed by atoms with E-state index in [0.29, 0.717) is 15.0 Å². The molecule has 3 aromatic carbocycles. The molecule has 0 atom stereocenters. The van der Waals surface area contributed by atoms with Crippen LogP contribution in [-0.4, -0.2) is 27.7 Å². The van der Waals surface area contributed by atoms with Crippen LogP contribution >= 0.6 is 0 Å². The number of allylic oxidation sites excluding steroid dienone is 1. The molecular formula is C25H25NO5S2. The van der Waals surface area contributed by atoms with Crippen molar-refractivity contribution in [2.75, 3.05) is 7.11 Å². The van der Waals surface area contributed by atoms with E-state index in [-0.39, 0.29) is 15.7 Å². The van der Waals surface area contributed by atoms with E-state index in [4.69, 9.17) is 4.74 Å². The number of methoxy groups -OCH3 is 1. The van der Waals surface area contributed by atoms with Crippen LogP contribution in [0.1, 0.15) is 19.4 Å². The fourth-order valence-corrected chi connectivity index (χ4v) is 6.49. The average molecular weight is 484 g/mol. The van der Waals surface area contributed by atoms with Crippen molar-refractivity contribution in [3.8, 4) is 5.75 Å². The zero-order chi connectivity index (χ0) is 24.1. The minimum absolute atomic E-state index is 0.0599. The number of rotatable bonds is 8. The van der Waals surface area contributed by atoms with Crippen molar-refractivity contribution in [2.45, 2.75) is 23.6 Å². The number of hydrogen-bond donors (Lipinski definition) is 0. The van der Waals surface area contributed by atoms with Crippen molar-refractivity contribution >= 4 is 25.6 Å². The summed E-state index contributed by atoms with van der Waals surface area (Å²) in [5.74, 6) is 0.612. The Labute approximate surface area is 195 Å². The normalized spacial score (nSPS) is 11.5. The number of ether oxygens (including phenoxy) is 1. The Morgan fingerprint density at radius 1 is 0.788 bits per heavy atom. The number of sulfonamides is 2. The van der Waals surface area contributed by atoms with Crippen LogP contribution in [0.4, 0.5) is 0 Å². The molecule has 0 spiro atoms. The van der Waals surface area contributed by atoms with Gasteiger partial charge in [0.2, 0.25) is 0 Å². The van der Waals surface area contributed by atoms with Crippen LogP contribution < -0.4 is 4.74 Å². The largest absolute Gasteiger partial charge is 0.497 e. The highest BCUT2D eigenvalue weighted by molar-refractivity contribution is 8.04. The SMILES string of the molecule is COc1ccc(C(=C=CN(S(=O)(=O)c2ccccc2)S(=O)(=O)c2ccccc2)C(C)C)cc1. The number of benzene rings is 3. The molecule has 3 aromatic rings. The lowest BCUT2D eigenvalue weighted by molar-refractivity contribution is 0.415. The molecule has 0 amide bonds. The molecule has 8 heteroatoms. The highest BCUT2D eigenvalue weighted by Crippen LogP contribution is 2.27. The maximum atomic E-state index is 13.4. The first kappa shape index (κ1) is 24.3. The molecule has 0 aromatic heterocycles. The summed E-state index contributed by atoms with van der Waals surface area (Å²) in [6.45, 7) is 3.84. The van der Waals surface area contributed by atoms with Crippen LogP contribution in [0.2, 0.25) is 0 Å². The van der Waals surface area contributed by atoms with Crippen LogP contribution in [-0.2, 0) is 20.0 Å². The van der Waals surface area contributed by atoms with E-state index in [0.717, 1.165) is 11.8 Å². The minimum atomic E-state index is -4.43. The Morgan fingerprint density at radius 2 is 1.24 bits per heavy atom. The second kappa shape index (κ2) is 10.1. The summed E-state index contributed by atoms with van der Waals surface area (Å²) in [6, 6.07) is 22.1. The van der Waals surface area contributed by atoms with Gasteiger partial charge < -0.3 is 4.74 Å². The smallest absolute Gasteiger partial charge is 0.277 e. The summed E-state index contributed by atoms with van der Waals surface area (Å²) in [5, 5.41) is 0. The molecule has 0 heterocycles. The molecule has 0 radical (unpaired) electrons. The molecule has 0 aliphatic rings. The molecule has 0 unspecified atom stereocenters. The fraction of sp³-hybridized carbons (Fsp3) is 0.160. The van der Waals surface area contributed by atoms with Crippen molar-refractivity contribution in [1.29, 1.82) is 0 Å². The van der Waals surface area contributed by atoms with Crippen molar-refractivity contribution in [3.05, 3.63) is 102 Å². The Hall–Kier alpha value is -3.32. The molecule has 0 N–H and O–H groups in total. The summed E-state index contributed by atoms with van der Waals surface area (Å²) >= 11 is 0. The predicted molar refractivity (Wildman–Crippen MR) is 128 cm³/mol. The second-order valence-electron chi connectivity index (χ2n) is 7.43. The summed E-state index contributed by atoms with van der Waals surface area (Å²) in [4.78, 5) is -0.281. The van der Waals surface area contributed by atoms with Crippen molar-refractivity contribution < 1.29 is 21.6 Å². The quantitative estimate of drug-likeness (QED) is 0.425. The Bertz CT molecular complexity index is 1290. The van der Waals surface area contributed by atoms with E-state index in [1.54, 1.807) is 31.4 Å². The third-order valence-electron chi connectivity index (χ3n) is 4.86. The van der Waals surface area contributed by atoms with Gasteiger partial charge in [-0.1, -0.05) is 68.1 Å². The van der Waals surface area contributed by atoms with Gasteiger partial charge in [-0.3, -0.25) is 0 Å². The van der Waals surface area contributed by atoms with E-state index in [9.17, 15) is 16.8 Å². The van der Waals surface area contributed by atoms with Gasteiger partial charge in [0, 0.05) is 5.57 Å². The summed E-state index contributed by atoms with van der Waals surface area (Å²) in [7, 11) is -7.29. The molecule has 0 saturated heterocycles. The van der Waals surface area contributed by atoms with Gasteiger partial charge in [-0.05, 0) is 47.9 Å². The van der Waals surface area contributed by atoms with Gasteiger partial charge in [0.15, 0.2) is 0 Å². The van der Waals surface area contributed by atoms with E-state index < -0.39 is 20.0 Å². The molecular weight excluding hydrogens is 458 g/mol. The minimum Gasteiger partial charge on any atom is -0.497 e. The predicted octanol–water partition coefficient (Wildman–Crippen LogP) is 4.93. The van der Waals surface area contributed by atoms with Crippen LogP contribution in [0.15, 0.2) is 107 Å². The summed E-state index contributed by atoms with van der Waals surface area (Å²) in [6.07, 6.45) is 0.990. The maximum absolute atomic E-state index is 13.4. The first-order chi connectivity index (χ1) is 15.7.